The highest BCUT2D eigenvalue weighted by molar-refractivity contribution is 6.30. The summed E-state index contributed by atoms with van der Waals surface area (Å²) in [6.45, 7) is 0. The van der Waals surface area contributed by atoms with Crippen LogP contribution in [0.15, 0.2) is 41.2 Å². The van der Waals surface area contributed by atoms with Crippen LogP contribution < -0.4 is 5.69 Å². The molecule has 0 amide bonds. The van der Waals surface area contributed by atoms with Crippen LogP contribution in [0.1, 0.15) is 0 Å². The van der Waals surface area contributed by atoms with E-state index in [1.165, 1.54) is 4.52 Å². The van der Waals surface area contributed by atoms with Crippen LogP contribution in [0.4, 0.5) is 0 Å². The standard InChI is InChI=1S/C11H7ClN4O/c12-8-3-1-7(2-4-8)9-5-6-10-13-14-11(17)16(10)15-9/h1-6H,(H,14,17). The zero-order valence-electron chi connectivity index (χ0n) is 8.59. The molecule has 1 aromatic carbocycles. The van der Waals surface area contributed by atoms with Crippen molar-refractivity contribution in [3.05, 3.63) is 51.9 Å². The Hall–Kier alpha value is -2.14. The molecule has 0 bridgehead atoms. The molecule has 0 saturated carbocycles. The van der Waals surface area contributed by atoms with Crippen molar-refractivity contribution < 1.29 is 0 Å². The molecule has 2 aromatic heterocycles. The van der Waals surface area contributed by atoms with E-state index >= 15 is 0 Å². The predicted molar refractivity (Wildman–Crippen MR) is 64.1 cm³/mol. The smallest absolute Gasteiger partial charge is 0.244 e. The van der Waals surface area contributed by atoms with E-state index in [1.807, 2.05) is 12.1 Å². The molecule has 84 valence electrons. The Morgan fingerprint density at radius 3 is 2.65 bits per heavy atom. The lowest BCUT2D eigenvalue weighted by Gasteiger charge is -2.00. The van der Waals surface area contributed by atoms with Gasteiger partial charge in [-0.25, -0.2) is 9.89 Å². The highest BCUT2D eigenvalue weighted by atomic mass is 35.5. The molecule has 17 heavy (non-hydrogen) atoms. The molecular formula is C11H7ClN4O. The van der Waals surface area contributed by atoms with E-state index in [9.17, 15) is 4.79 Å². The second-order valence-corrected chi connectivity index (χ2v) is 3.96. The van der Waals surface area contributed by atoms with E-state index in [4.69, 9.17) is 11.6 Å². The Balaban J connectivity index is 2.20. The van der Waals surface area contributed by atoms with E-state index in [2.05, 4.69) is 15.3 Å². The number of hydrogen-bond donors (Lipinski definition) is 1. The summed E-state index contributed by atoms with van der Waals surface area (Å²) in [5, 5.41) is 11.0. The fraction of sp³-hybridized carbons (Fsp3) is 0. The summed E-state index contributed by atoms with van der Waals surface area (Å²) < 4.78 is 1.23. The van der Waals surface area contributed by atoms with Gasteiger partial charge in [-0.3, -0.25) is 0 Å². The highest BCUT2D eigenvalue weighted by Gasteiger charge is 2.04. The minimum absolute atomic E-state index is 0.351. The molecule has 0 unspecified atom stereocenters. The molecule has 0 radical (unpaired) electrons. The second kappa shape index (κ2) is 3.71. The van der Waals surface area contributed by atoms with Gasteiger partial charge in [-0.1, -0.05) is 23.7 Å². The van der Waals surface area contributed by atoms with Crippen LogP contribution in [0.3, 0.4) is 0 Å². The van der Waals surface area contributed by atoms with Crippen molar-refractivity contribution in [1.82, 2.24) is 19.8 Å². The minimum Gasteiger partial charge on any atom is -0.244 e. The molecule has 5 nitrogen and oxygen atoms in total. The van der Waals surface area contributed by atoms with Crippen molar-refractivity contribution in [2.75, 3.05) is 0 Å². The van der Waals surface area contributed by atoms with Crippen molar-refractivity contribution in [3.8, 4) is 11.3 Å². The fourth-order valence-electron chi connectivity index (χ4n) is 1.58. The molecule has 2 heterocycles. The monoisotopic (exact) mass is 246 g/mol. The largest absolute Gasteiger partial charge is 0.364 e. The number of nitrogens with zero attached hydrogens (tertiary/aromatic N) is 3. The lowest BCUT2D eigenvalue weighted by molar-refractivity contribution is 0.885. The van der Waals surface area contributed by atoms with Gasteiger partial charge in [0.15, 0.2) is 5.65 Å². The van der Waals surface area contributed by atoms with Crippen LogP contribution >= 0.6 is 11.6 Å². The molecule has 0 spiro atoms. The van der Waals surface area contributed by atoms with Crippen LogP contribution in [-0.4, -0.2) is 19.8 Å². The van der Waals surface area contributed by atoms with Crippen molar-refractivity contribution in [2.24, 2.45) is 0 Å². The number of H-pyrrole nitrogens is 1. The van der Waals surface area contributed by atoms with Gasteiger partial charge >= 0.3 is 5.69 Å². The number of benzene rings is 1. The van der Waals surface area contributed by atoms with Gasteiger partial charge in [0.25, 0.3) is 0 Å². The quantitative estimate of drug-likeness (QED) is 0.711. The normalized spacial score (nSPS) is 10.9. The number of rotatable bonds is 1. The fourth-order valence-corrected chi connectivity index (χ4v) is 1.70. The number of aromatic amines is 1. The van der Waals surface area contributed by atoms with Crippen molar-refractivity contribution in [2.45, 2.75) is 0 Å². The van der Waals surface area contributed by atoms with Crippen molar-refractivity contribution in [3.63, 3.8) is 0 Å². The molecule has 0 saturated heterocycles. The van der Waals surface area contributed by atoms with Crippen LogP contribution in [0.25, 0.3) is 16.9 Å². The third-order valence-electron chi connectivity index (χ3n) is 2.41. The van der Waals surface area contributed by atoms with Crippen molar-refractivity contribution >= 4 is 17.2 Å². The summed E-state index contributed by atoms with van der Waals surface area (Å²) >= 11 is 5.81. The molecule has 6 heteroatoms. The van der Waals surface area contributed by atoms with Crippen LogP contribution in [-0.2, 0) is 0 Å². The topological polar surface area (TPSA) is 63.0 Å². The average Bonchev–Trinajstić information content (AvgIpc) is 2.72. The predicted octanol–water partition coefficient (Wildman–Crippen LogP) is 1.74. The van der Waals surface area contributed by atoms with Gasteiger partial charge in [-0.2, -0.15) is 14.7 Å². The van der Waals surface area contributed by atoms with Crippen LogP contribution in [0, 0.1) is 0 Å². The first kappa shape index (κ1) is 10.0. The lowest BCUT2D eigenvalue weighted by Crippen LogP contribution is -2.12. The Morgan fingerprint density at radius 1 is 1.12 bits per heavy atom. The summed E-state index contributed by atoms with van der Waals surface area (Å²) in [4.78, 5) is 11.4. The SMILES string of the molecule is O=c1[nH]nc2ccc(-c3ccc(Cl)cc3)nn12. The molecule has 0 fully saturated rings. The number of nitrogens with one attached hydrogen (secondary N) is 1. The first-order valence-corrected chi connectivity index (χ1v) is 5.32. The van der Waals surface area contributed by atoms with Gasteiger partial charge in [0, 0.05) is 10.6 Å². The molecular weight excluding hydrogens is 240 g/mol. The van der Waals surface area contributed by atoms with Crippen molar-refractivity contribution in [1.29, 1.82) is 0 Å². The van der Waals surface area contributed by atoms with Gasteiger partial charge in [0.05, 0.1) is 5.69 Å². The molecule has 0 atom stereocenters. The van der Waals surface area contributed by atoms with Gasteiger partial charge < -0.3 is 0 Å². The molecule has 0 aliphatic rings. The number of hydrogen-bond acceptors (Lipinski definition) is 3. The molecule has 3 rings (SSSR count). The minimum atomic E-state index is -0.351. The number of fused-ring (bicyclic) bond motifs is 1. The first-order chi connectivity index (χ1) is 8.24. The van der Waals surface area contributed by atoms with Crippen LogP contribution in [0.2, 0.25) is 5.02 Å². The molecule has 1 N–H and O–H groups in total. The molecule has 3 aromatic rings. The lowest BCUT2D eigenvalue weighted by atomic mass is 10.1. The Labute approximate surface area is 101 Å². The average molecular weight is 247 g/mol. The summed E-state index contributed by atoms with van der Waals surface area (Å²) in [5.41, 5.74) is 1.73. The maximum absolute atomic E-state index is 11.4. The Kier molecular flexibility index (Phi) is 2.19. The zero-order valence-corrected chi connectivity index (χ0v) is 9.35. The van der Waals surface area contributed by atoms with Crippen LogP contribution in [0.5, 0.6) is 0 Å². The second-order valence-electron chi connectivity index (χ2n) is 3.52. The number of aromatic nitrogens is 4. The maximum atomic E-state index is 11.4. The van der Waals surface area contributed by atoms with Gasteiger partial charge in [0.2, 0.25) is 0 Å². The first-order valence-electron chi connectivity index (χ1n) is 4.94. The van der Waals surface area contributed by atoms with E-state index in [-0.39, 0.29) is 5.69 Å². The van der Waals surface area contributed by atoms with E-state index < -0.39 is 0 Å². The highest BCUT2D eigenvalue weighted by Crippen LogP contribution is 2.19. The Bertz CT molecular complexity index is 729. The molecule has 0 aliphatic heterocycles. The Morgan fingerprint density at radius 2 is 1.88 bits per heavy atom. The zero-order chi connectivity index (χ0) is 11.8. The molecule has 0 aliphatic carbocycles. The number of halogens is 1. The van der Waals surface area contributed by atoms with E-state index in [0.717, 1.165) is 5.56 Å². The third-order valence-corrected chi connectivity index (χ3v) is 2.67. The van der Waals surface area contributed by atoms with E-state index in [1.54, 1.807) is 24.3 Å². The van der Waals surface area contributed by atoms with Gasteiger partial charge in [0.1, 0.15) is 0 Å². The van der Waals surface area contributed by atoms with E-state index in [0.29, 0.717) is 16.4 Å². The van der Waals surface area contributed by atoms with Gasteiger partial charge in [-0.15, -0.1) is 0 Å². The third kappa shape index (κ3) is 1.70. The summed E-state index contributed by atoms with van der Waals surface area (Å²) in [6, 6.07) is 10.8. The summed E-state index contributed by atoms with van der Waals surface area (Å²) in [5.74, 6) is 0. The maximum Gasteiger partial charge on any atom is 0.364 e. The van der Waals surface area contributed by atoms with Gasteiger partial charge in [-0.05, 0) is 24.3 Å². The summed E-state index contributed by atoms with van der Waals surface area (Å²) in [7, 11) is 0. The summed E-state index contributed by atoms with van der Waals surface area (Å²) in [6.07, 6.45) is 0.